The number of esters is 1. The lowest BCUT2D eigenvalue weighted by Crippen LogP contribution is -2.27. The van der Waals surface area contributed by atoms with Gasteiger partial charge in [0.25, 0.3) is 15.9 Å². The highest BCUT2D eigenvalue weighted by Crippen LogP contribution is 2.26. The van der Waals surface area contributed by atoms with Gasteiger partial charge in [0.1, 0.15) is 0 Å². The highest BCUT2D eigenvalue weighted by Gasteiger charge is 2.26. The summed E-state index contributed by atoms with van der Waals surface area (Å²) in [4.78, 5) is 24.3. The van der Waals surface area contributed by atoms with Gasteiger partial charge >= 0.3 is 5.97 Å². The Hall–Kier alpha value is -3.36. The molecule has 1 atom stereocenters. The first-order valence-electron chi connectivity index (χ1n) is 9.10. The molecular formula is C22H19ClN2O5S. The lowest BCUT2D eigenvalue weighted by Gasteiger charge is -2.20. The van der Waals surface area contributed by atoms with E-state index in [1.807, 2.05) is 0 Å². The summed E-state index contributed by atoms with van der Waals surface area (Å²) in [5, 5.41) is 0.385. The number of ether oxygens (including phenoxy) is 1. The molecule has 0 spiro atoms. The fourth-order valence-electron chi connectivity index (χ4n) is 2.85. The zero-order valence-corrected chi connectivity index (χ0v) is 18.0. The number of nitrogens with zero attached hydrogens (tertiary/aromatic N) is 1. The molecule has 0 heterocycles. The molecular weight excluding hydrogens is 440 g/mol. The van der Waals surface area contributed by atoms with Crippen molar-refractivity contribution in [1.29, 1.82) is 0 Å². The molecule has 1 amide bonds. The summed E-state index contributed by atoms with van der Waals surface area (Å²) in [6.45, 7) is 0. The number of benzene rings is 3. The third kappa shape index (κ3) is 5.04. The molecule has 3 rings (SSSR count). The molecule has 160 valence electrons. The number of anilines is 1. The van der Waals surface area contributed by atoms with Gasteiger partial charge in [-0.15, -0.1) is 0 Å². The molecule has 0 aromatic heterocycles. The Balaban J connectivity index is 1.88. The smallest absolute Gasteiger partial charge is 0.339 e. The maximum absolute atomic E-state index is 13.0. The Morgan fingerprint density at radius 1 is 0.968 bits per heavy atom. The first-order chi connectivity index (χ1) is 14.7. The summed E-state index contributed by atoms with van der Waals surface area (Å²) < 4.78 is 32.4. The van der Waals surface area contributed by atoms with Crippen LogP contribution < -0.4 is 10.0 Å². The number of hydrogen-bond donors (Lipinski definition) is 1. The molecule has 7 nitrogen and oxygen atoms in total. The van der Waals surface area contributed by atoms with Crippen LogP contribution in [0.4, 0.5) is 5.69 Å². The molecule has 0 aliphatic carbocycles. The zero-order valence-electron chi connectivity index (χ0n) is 16.4. The number of sulfonamides is 1. The minimum Gasteiger partial charge on any atom is -0.444 e. The Bertz CT molecular complexity index is 1220. The normalized spacial score (nSPS) is 12.1. The number of carbonyl (C=O) groups excluding carboxylic acids is 2. The largest absolute Gasteiger partial charge is 0.444 e. The van der Waals surface area contributed by atoms with Gasteiger partial charge in [0, 0.05) is 17.6 Å². The van der Waals surface area contributed by atoms with Crippen LogP contribution in [0.1, 0.15) is 22.0 Å². The maximum atomic E-state index is 13.0. The van der Waals surface area contributed by atoms with Gasteiger partial charge in [0.2, 0.25) is 6.10 Å². The third-order valence-electron chi connectivity index (χ3n) is 4.49. The van der Waals surface area contributed by atoms with Gasteiger partial charge in [-0.2, -0.15) is 0 Å². The van der Waals surface area contributed by atoms with E-state index in [-0.39, 0.29) is 10.5 Å². The zero-order chi connectivity index (χ0) is 22.6. The van der Waals surface area contributed by atoms with Crippen LogP contribution in [-0.4, -0.2) is 27.3 Å². The standard InChI is InChI=1S/C22H19ClN2O5S/c1-25(18-11-6-10-17(23)14-18)31(28,29)19-12-5-9-16(13-19)22(27)30-20(21(24)26)15-7-3-2-4-8-15/h2-14,20H,1H3,(H2,24,26). The quantitative estimate of drug-likeness (QED) is 0.545. The van der Waals surface area contributed by atoms with E-state index in [0.29, 0.717) is 16.3 Å². The van der Waals surface area contributed by atoms with Crippen LogP contribution in [0.25, 0.3) is 0 Å². The molecule has 0 saturated heterocycles. The molecule has 3 aromatic rings. The first-order valence-corrected chi connectivity index (χ1v) is 10.9. The van der Waals surface area contributed by atoms with Crippen molar-refractivity contribution in [1.82, 2.24) is 0 Å². The van der Waals surface area contributed by atoms with Crippen LogP contribution in [0.15, 0.2) is 83.8 Å². The number of rotatable bonds is 7. The van der Waals surface area contributed by atoms with Gasteiger partial charge in [0.05, 0.1) is 16.1 Å². The second-order valence-electron chi connectivity index (χ2n) is 6.58. The minimum atomic E-state index is -3.99. The topological polar surface area (TPSA) is 107 Å². The molecule has 1 unspecified atom stereocenters. The van der Waals surface area contributed by atoms with E-state index in [9.17, 15) is 18.0 Å². The predicted molar refractivity (Wildman–Crippen MR) is 117 cm³/mol. The summed E-state index contributed by atoms with van der Waals surface area (Å²) in [5.74, 6) is -1.72. The second-order valence-corrected chi connectivity index (χ2v) is 8.98. The molecule has 0 fully saturated rings. The molecule has 0 radical (unpaired) electrons. The number of halogens is 1. The monoisotopic (exact) mass is 458 g/mol. The van der Waals surface area contributed by atoms with Crippen molar-refractivity contribution in [2.75, 3.05) is 11.4 Å². The van der Waals surface area contributed by atoms with E-state index in [2.05, 4.69) is 0 Å². The van der Waals surface area contributed by atoms with E-state index in [1.165, 1.54) is 37.4 Å². The minimum absolute atomic E-state index is 0.0391. The number of hydrogen-bond acceptors (Lipinski definition) is 5. The van der Waals surface area contributed by atoms with Gasteiger partial charge in [0.15, 0.2) is 0 Å². The van der Waals surface area contributed by atoms with E-state index in [1.54, 1.807) is 48.5 Å². The second kappa shape index (κ2) is 9.20. The molecule has 0 saturated carbocycles. The van der Waals surface area contributed by atoms with Crippen LogP contribution in [0.5, 0.6) is 0 Å². The van der Waals surface area contributed by atoms with Crippen molar-refractivity contribution < 1.29 is 22.7 Å². The fraction of sp³-hybridized carbons (Fsp3) is 0.0909. The van der Waals surface area contributed by atoms with Crippen LogP contribution in [-0.2, 0) is 19.6 Å². The van der Waals surface area contributed by atoms with E-state index >= 15 is 0 Å². The average molecular weight is 459 g/mol. The van der Waals surface area contributed by atoms with Gasteiger partial charge < -0.3 is 10.5 Å². The first kappa shape index (κ1) is 22.3. The molecule has 0 aliphatic rings. The van der Waals surface area contributed by atoms with Gasteiger partial charge in [-0.05, 0) is 36.4 Å². The molecule has 31 heavy (non-hydrogen) atoms. The Morgan fingerprint density at radius 3 is 2.29 bits per heavy atom. The summed E-state index contributed by atoms with van der Waals surface area (Å²) in [6.07, 6.45) is -1.30. The Labute approximate surface area is 185 Å². The van der Waals surface area contributed by atoms with Crippen molar-refractivity contribution in [3.63, 3.8) is 0 Å². The fourth-order valence-corrected chi connectivity index (χ4v) is 4.26. The lowest BCUT2D eigenvalue weighted by molar-refractivity contribution is -0.127. The van der Waals surface area contributed by atoms with E-state index in [4.69, 9.17) is 22.1 Å². The Kier molecular flexibility index (Phi) is 6.62. The third-order valence-corrected chi connectivity index (χ3v) is 6.50. The predicted octanol–water partition coefficient (Wildman–Crippen LogP) is 3.55. The molecule has 9 heteroatoms. The van der Waals surface area contributed by atoms with Gasteiger partial charge in [-0.25, -0.2) is 13.2 Å². The number of amides is 1. The summed E-state index contributed by atoms with van der Waals surface area (Å²) in [6, 6.07) is 20.0. The molecule has 2 N–H and O–H groups in total. The van der Waals surface area contributed by atoms with Crippen molar-refractivity contribution in [2.24, 2.45) is 5.73 Å². The summed E-state index contributed by atoms with van der Waals surface area (Å²) in [7, 11) is -2.61. The van der Waals surface area contributed by atoms with Crippen molar-refractivity contribution >= 4 is 39.2 Å². The SMILES string of the molecule is CN(c1cccc(Cl)c1)S(=O)(=O)c1cccc(C(=O)OC(C(N)=O)c2ccccc2)c1. The van der Waals surface area contributed by atoms with Crippen molar-refractivity contribution in [3.8, 4) is 0 Å². The molecule has 0 aliphatic heterocycles. The molecule has 0 bridgehead atoms. The maximum Gasteiger partial charge on any atom is 0.339 e. The number of carbonyl (C=O) groups is 2. The van der Waals surface area contributed by atoms with Crippen molar-refractivity contribution in [2.45, 2.75) is 11.0 Å². The number of primary amides is 1. The lowest BCUT2D eigenvalue weighted by atomic mass is 10.1. The highest BCUT2D eigenvalue weighted by molar-refractivity contribution is 7.92. The van der Waals surface area contributed by atoms with E-state index < -0.39 is 28.0 Å². The average Bonchev–Trinajstić information content (AvgIpc) is 2.77. The van der Waals surface area contributed by atoms with Crippen molar-refractivity contribution in [3.05, 3.63) is 95.0 Å². The van der Waals surface area contributed by atoms with Crippen LogP contribution >= 0.6 is 11.6 Å². The van der Waals surface area contributed by atoms with E-state index in [0.717, 1.165) is 4.31 Å². The summed E-state index contributed by atoms with van der Waals surface area (Å²) >= 11 is 5.96. The van der Waals surface area contributed by atoms with Crippen LogP contribution in [0.3, 0.4) is 0 Å². The number of nitrogens with two attached hydrogens (primary N) is 1. The Morgan fingerprint density at radius 2 is 1.65 bits per heavy atom. The van der Waals surface area contributed by atoms with Crippen LogP contribution in [0, 0.1) is 0 Å². The highest BCUT2D eigenvalue weighted by atomic mass is 35.5. The summed E-state index contributed by atoms with van der Waals surface area (Å²) in [5.41, 5.74) is 6.11. The molecule has 3 aromatic carbocycles. The van der Waals surface area contributed by atoms with Gasteiger partial charge in [-0.1, -0.05) is 54.1 Å². The van der Waals surface area contributed by atoms with Gasteiger partial charge in [-0.3, -0.25) is 9.10 Å². The van der Waals surface area contributed by atoms with Crippen LogP contribution in [0.2, 0.25) is 5.02 Å².